The van der Waals surface area contributed by atoms with Gasteiger partial charge in [0.15, 0.2) is 17.2 Å². The lowest BCUT2D eigenvalue weighted by Gasteiger charge is -2.10. The first-order valence-electron chi connectivity index (χ1n) is 9.06. The number of alkyl halides is 2. The molecule has 0 bridgehead atoms. The highest BCUT2D eigenvalue weighted by molar-refractivity contribution is 7.92. The minimum atomic E-state index is -3.60. The van der Waals surface area contributed by atoms with Gasteiger partial charge in [-0.15, -0.1) is 0 Å². The fourth-order valence-electron chi connectivity index (χ4n) is 3.19. The largest absolute Gasteiger partial charge is 0.452 e. The number of furan rings is 1. The van der Waals surface area contributed by atoms with E-state index >= 15 is 0 Å². The lowest BCUT2D eigenvalue weighted by molar-refractivity contribution is -0.0493. The van der Waals surface area contributed by atoms with Crippen molar-refractivity contribution in [1.82, 2.24) is 4.98 Å². The Bertz CT molecular complexity index is 1510. The molecule has 0 saturated carbocycles. The lowest BCUT2D eigenvalue weighted by atomic mass is 10.0. The van der Waals surface area contributed by atoms with Crippen molar-refractivity contribution >= 4 is 72.6 Å². The van der Waals surface area contributed by atoms with Gasteiger partial charge >= 0.3 is 6.61 Å². The van der Waals surface area contributed by atoms with Gasteiger partial charge in [-0.25, -0.2) is 13.4 Å². The Morgan fingerprint density at radius 3 is 2.61 bits per heavy atom. The Kier molecular flexibility index (Phi) is 6.04. The summed E-state index contributed by atoms with van der Waals surface area (Å²) in [6, 6.07) is 8.10. The van der Waals surface area contributed by atoms with Crippen LogP contribution in [0.25, 0.3) is 21.9 Å². The zero-order chi connectivity index (χ0) is 23.9. The van der Waals surface area contributed by atoms with Gasteiger partial charge in [0.05, 0.1) is 21.9 Å². The third-order valence-corrected chi connectivity index (χ3v) is 5.49. The molecule has 0 fully saturated rings. The van der Waals surface area contributed by atoms with E-state index in [1.165, 1.54) is 42.6 Å². The maximum Gasteiger partial charge on any atom is 0.387 e. The zero-order valence-corrected chi connectivity index (χ0v) is 18.9. The highest BCUT2D eigenvalue weighted by Gasteiger charge is 2.23. The molecule has 0 aliphatic carbocycles. The number of nitrogens with one attached hydrogen (secondary N) is 2. The minimum Gasteiger partial charge on any atom is -0.452 e. The Morgan fingerprint density at radius 2 is 1.94 bits per heavy atom. The second kappa shape index (κ2) is 8.65. The van der Waals surface area contributed by atoms with Crippen molar-refractivity contribution < 1.29 is 31.1 Å². The summed E-state index contributed by atoms with van der Waals surface area (Å²) < 4.78 is 61.6. The van der Waals surface area contributed by atoms with Crippen LogP contribution in [0, 0.1) is 0 Å². The molecule has 0 radical (unpaired) electrons. The van der Waals surface area contributed by atoms with Gasteiger partial charge in [-0.05, 0) is 36.4 Å². The van der Waals surface area contributed by atoms with Gasteiger partial charge in [0, 0.05) is 22.7 Å². The fraction of sp³-hybridized carbons (Fsp3) is 0.100. The van der Waals surface area contributed by atoms with E-state index in [2.05, 4.69) is 19.8 Å². The van der Waals surface area contributed by atoms with Crippen LogP contribution in [0.4, 0.5) is 20.3 Å². The van der Waals surface area contributed by atoms with Gasteiger partial charge in [-0.3, -0.25) is 9.52 Å². The molecule has 2 aromatic carbocycles. The van der Waals surface area contributed by atoms with E-state index in [4.69, 9.17) is 27.6 Å². The molecule has 172 valence electrons. The third kappa shape index (κ3) is 4.95. The summed E-state index contributed by atoms with van der Waals surface area (Å²) in [4.78, 5) is 17.0. The molecule has 13 heteroatoms. The molecule has 2 N–H and O–H groups in total. The van der Waals surface area contributed by atoms with Crippen LogP contribution in [0.1, 0.15) is 10.4 Å². The number of amides is 1. The van der Waals surface area contributed by atoms with Gasteiger partial charge in [-0.1, -0.05) is 23.2 Å². The summed E-state index contributed by atoms with van der Waals surface area (Å²) >= 11 is 11.9. The number of anilines is 2. The van der Waals surface area contributed by atoms with Gasteiger partial charge in [0.2, 0.25) is 10.0 Å². The van der Waals surface area contributed by atoms with E-state index in [-0.39, 0.29) is 49.4 Å². The maximum atomic E-state index is 13.1. The molecule has 0 spiro atoms. The molecule has 33 heavy (non-hydrogen) atoms. The molecule has 4 aromatic rings. The topological polar surface area (TPSA) is 111 Å². The van der Waals surface area contributed by atoms with Gasteiger partial charge in [0.1, 0.15) is 5.58 Å². The van der Waals surface area contributed by atoms with Gasteiger partial charge in [0.25, 0.3) is 5.91 Å². The number of benzene rings is 2. The number of nitrogens with zero attached hydrogens (tertiary/aromatic N) is 1. The van der Waals surface area contributed by atoms with E-state index in [0.717, 1.165) is 6.26 Å². The van der Waals surface area contributed by atoms with Crippen molar-refractivity contribution in [1.29, 1.82) is 0 Å². The molecule has 0 aliphatic rings. The number of aromatic nitrogens is 1. The van der Waals surface area contributed by atoms with Crippen LogP contribution < -0.4 is 14.8 Å². The van der Waals surface area contributed by atoms with Crippen LogP contribution in [0.2, 0.25) is 10.0 Å². The lowest BCUT2D eigenvalue weighted by Crippen LogP contribution is -2.14. The number of hydrogen-bond donors (Lipinski definition) is 2. The number of fused-ring (bicyclic) bond motifs is 3. The van der Waals surface area contributed by atoms with Crippen molar-refractivity contribution in [3.63, 3.8) is 0 Å². The first kappa shape index (κ1) is 23.0. The Labute approximate surface area is 195 Å². The van der Waals surface area contributed by atoms with Gasteiger partial charge in [-0.2, -0.15) is 8.78 Å². The Morgan fingerprint density at radius 1 is 1.18 bits per heavy atom. The number of hydrogen-bond acceptors (Lipinski definition) is 6. The van der Waals surface area contributed by atoms with Crippen molar-refractivity contribution in [2.24, 2.45) is 0 Å². The molecule has 8 nitrogen and oxygen atoms in total. The molecule has 1 amide bonds. The molecular formula is C20H13Cl2F2N3O5S. The Hall–Kier alpha value is -3.15. The number of carbonyl (C=O) groups is 1. The summed E-state index contributed by atoms with van der Waals surface area (Å²) in [5, 5.41) is 3.30. The first-order valence-corrected chi connectivity index (χ1v) is 11.7. The van der Waals surface area contributed by atoms with Crippen LogP contribution in [0.5, 0.6) is 5.75 Å². The summed E-state index contributed by atoms with van der Waals surface area (Å²) in [6.07, 6.45) is 2.26. The minimum absolute atomic E-state index is 0.0229. The van der Waals surface area contributed by atoms with Crippen LogP contribution in [-0.2, 0) is 10.0 Å². The highest BCUT2D eigenvalue weighted by Crippen LogP contribution is 2.39. The van der Waals surface area contributed by atoms with Crippen LogP contribution >= 0.6 is 23.2 Å². The van der Waals surface area contributed by atoms with E-state index in [1.807, 2.05) is 0 Å². The van der Waals surface area contributed by atoms with Crippen molar-refractivity contribution in [3.8, 4) is 5.75 Å². The normalized spacial score (nSPS) is 11.8. The van der Waals surface area contributed by atoms with E-state index in [1.54, 1.807) is 0 Å². The monoisotopic (exact) mass is 515 g/mol. The first-order chi connectivity index (χ1) is 15.5. The smallest absolute Gasteiger partial charge is 0.387 e. The number of sulfonamides is 1. The second-order valence-corrected chi connectivity index (χ2v) is 9.41. The second-order valence-electron chi connectivity index (χ2n) is 6.82. The standard InChI is InChI=1S/C20H13Cl2F2N3O5S/c1-33(29,30)27-10-2-4-14-12(7-10)16-11(3-5-15(17(16)31-14)32-20(23)24)19(28)26-18-13(22)6-9(21)8-25-18/h2-8,20,27H,1H3,(H,25,26,28). The fourth-order valence-corrected chi connectivity index (χ4v) is 4.18. The molecule has 4 rings (SSSR count). The third-order valence-electron chi connectivity index (χ3n) is 4.39. The van der Waals surface area contributed by atoms with E-state index in [9.17, 15) is 22.0 Å². The molecule has 0 saturated heterocycles. The number of halogens is 4. The number of pyridine rings is 1. The zero-order valence-electron chi connectivity index (χ0n) is 16.5. The van der Waals surface area contributed by atoms with Gasteiger partial charge < -0.3 is 14.5 Å². The highest BCUT2D eigenvalue weighted by atomic mass is 35.5. The summed E-state index contributed by atoms with van der Waals surface area (Å²) in [5.41, 5.74) is 0.298. The molecule has 2 aromatic heterocycles. The van der Waals surface area contributed by atoms with E-state index in [0.29, 0.717) is 5.39 Å². The SMILES string of the molecule is CS(=O)(=O)Nc1ccc2oc3c(OC(F)F)ccc(C(=O)Nc4ncc(Cl)cc4Cl)c3c2c1. The maximum absolute atomic E-state index is 13.1. The van der Waals surface area contributed by atoms with E-state index < -0.39 is 22.5 Å². The molecular weight excluding hydrogens is 503 g/mol. The quantitative estimate of drug-likeness (QED) is 0.350. The summed E-state index contributed by atoms with van der Waals surface area (Å²) in [7, 11) is -3.60. The average Bonchev–Trinajstić information content (AvgIpc) is 3.08. The molecule has 2 heterocycles. The number of carbonyl (C=O) groups excluding carboxylic acids is 1. The van der Waals surface area contributed by atoms with Crippen molar-refractivity contribution in [3.05, 3.63) is 58.2 Å². The molecule has 0 atom stereocenters. The molecule has 0 unspecified atom stereocenters. The predicted molar refractivity (Wildman–Crippen MR) is 121 cm³/mol. The number of rotatable bonds is 6. The number of ether oxygens (including phenoxy) is 1. The summed E-state index contributed by atoms with van der Waals surface area (Å²) in [5.74, 6) is -0.947. The van der Waals surface area contributed by atoms with Crippen LogP contribution in [0.3, 0.4) is 0 Å². The van der Waals surface area contributed by atoms with Crippen molar-refractivity contribution in [2.45, 2.75) is 6.61 Å². The van der Waals surface area contributed by atoms with Crippen LogP contribution in [0.15, 0.2) is 47.0 Å². The van der Waals surface area contributed by atoms with Crippen molar-refractivity contribution in [2.75, 3.05) is 16.3 Å². The predicted octanol–water partition coefficient (Wildman–Crippen LogP) is 5.51. The van der Waals surface area contributed by atoms with Crippen LogP contribution in [-0.4, -0.2) is 32.2 Å². The summed E-state index contributed by atoms with van der Waals surface area (Å²) in [6.45, 7) is -3.14. The average molecular weight is 516 g/mol. The Balaban J connectivity index is 1.89. The molecule has 0 aliphatic heterocycles.